The van der Waals surface area contributed by atoms with Crippen LogP contribution < -0.4 is 0 Å². The first-order chi connectivity index (χ1) is 16.2. The summed E-state index contributed by atoms with van der Waals surface area (Å²) < 4.78 is 60.9. The van der Waals surface area contributed by atoms with Crippen LogP contribution in [0.3, 0.4) is 0 Å². The maximum Gasteiger partial charge on any atom is 0.416 e. The van der Waals surface area contributed by atoms with Crippen LogP contribution in [0, 0.1) is 18.7 Å². The fourth-order valence-corrected chi connectivity index (χ4v) is 5.89. The molecule has 2 fully saturated rings. The third-order valence-corrected chi connectivity index (χ3v) is 8.07. The predicted molar refractivity (Wildman–Crippen MR) is 119 cm³/mol. The average molecular weight is 496 g/mol. The van der Waals surface area contributed by atoms with E-state index in [1.54, 1.807) is 11.8 Å². The van der Waals surface area contributed by atoms with Gasteiger partial charge in [0.1, 0.15) is 5.82 Å². The third kappa shape index (κ3) is 4.35. The third-order valence-electron chi connectivity index (χ3n) is 6.96. The number of halogens is 4. The highest BCUT2D eigenvalue weighted by atomic mass is 32.2. The van der Waals surface area contributed by atoms with Crippen molar-refractivity contribution in [2.24, 2.45) is 13.0 Å². The number of hydrogen-bond acceptors (Lipinski definition) is 6. The molecule has 0 amide bonds. The molecule has 1 aliphatic carbocycles. The van der Waals surface area contributed by atoms with E-state index in [-0.39, 0.29) is 5.41 Å². The van der Waals surface area contributed by atoms with E-state index in [0.717, 1.165) is 55.0 Å². The monoisotopic (exact) mass is 495 g/mol. The number of oxazole rings is 1. The molecule has 182 valence electrons. The quantitative estimate of drug-likeness (QED) is 0.259. The number of rotatable bonds is 7. The molecule has 0 N–H and O–H groups in total. The Morgan fingerprint density at radius 1 is 1.24 bits per heavy atom. The number of fused-ring (bicyclic) bond motifs is 1. The zero-order chi connectivity index (χ0) is 24.1. The van der Waals surface area contributed by atoms with Crippen molar-refractivity contribution in [1.29, 1.82) is 0 Å². The summed E-state index contributed by atoms with van der Waals surface area (Å²) in [5.41, 5.74) is -0.0241. The van der Waals surface area contributed by atoms with Gasteiger partial charge in [0.2, 0.25) is 5.82 Å². The standard InChI is InChI=1S/C23H25F4N5OS/c1-14-19(33-13-28-14)20-29-30-21(31(20)2)34-7-3-5-32-6-4-15-11-22(15,12-32)16-8-17(23(25,26)27)10-18(24)9-16/h8-10,13,15H,3-7,11-12H2,1-2H3/t15?,22-/m1/s1. The van der Waals surface area contributed by atoms with Gasteiger partial charge in [-0.3, -0.25) is 0 Å². The van der Waals surface area contributed by atoms with Crippen LogP contribution in [0.25, 0.3) is 11.6 Å². The van der Waals surface area contributed by atoms with Crippen molar-refractivity contribution in [2.45, 2.75) is 42.9 Å². The number of likely N-dealkylation sites (tertiary alicyclic amines) is 1. The lowest BCUT2D eigenvalue weighted by atomic mass is 9.87. The van der Waals surface area contributed by atoms with E-state index in [4.69, 9.17) is 4.42 Å². The van der Waals surface area contributed by atoms with E-state index in [1.807, 2.05) is 18.5 Å². The van der Waals surface area contributed by atoms with Crippen LogP contribution in [-0.4, -0.2) is 50.0 Å². The van der Waals surface area contributed by atoms with Gasteiger partial charge in [-0.15, -0.1) is 10.2 Å². The molecule has 1 aromatic carbocycles. The number of nitrogens with zero attached hydrogens (tertiary/aromatic N) is 5. The van der Waals surface area contributed by atoms with E-state index >= 15 is 0 Å². The van der Waals surface area contributed by atoms with E-state index in [9.17, 15) is 17.6 Å². The molecule has 2 aromatic heterocycles. The summed E-state index contributed by atoms with van der Waals surface area (Å²) in [6.45, 7) is 4.26. The molecule has 0 radical (unpaired) electrons. The summed E-state index contributed by atoms with van der Waals surface area (Å²) in [4.78, 5) is 6.39. The van der Waals surface area contributed by atoms with Gasteiger partial charge in [-0.05, 0) is 69.0 Å². The van der Waals surface area contributed by atoms with Gasteiger partial charge in [-0.25, -0.2) is 9.37 Å². The average Bonchev–Trinajstić information content (AvgIpc) is 3.22. The van der Waals surface area contributed by atoms with Crippen molar-refractivity contribution >= 4 is 11.8 Å². The zero-order valence-corrected chi connectivity index (χ0v) is 19.7. The molecule has 0 spiro atoms. The Labute approximate surface area is 198 Å². The maximum atomic E-state index is 14.0. The van der Waals surface area contributed by atoms with Crippen molar-refractivity contribution < 1.29 is 22.0 Å². The molecule has 1 saturated heterocycles. The highest BCUT2D eigenvalue weighted by Gasteiger charge is 2.58. The van der Waals surface area contributed by atoms with Gasteiger partial charge in [-0.2, -0.15) is 13.2 Å². The highest BCUT2D eigenvalue weighted by Crippen LogP contribution is 2.59. The van der Waals surface area contributed by atoms with Crippen molar-refractivity contribution in [1.82, 2.24) is 24.6 Å². The number of hydrogen-bond donors (Lipinski definition) is 0. The Bertz CT molecular complexity index is 1190. The molecular formula is C23H25F4N5OS. The lowest BCUT2D eigenvalue weighted by molar-refractivity contribution is -0.137. The molecule has 11 heteroatoms. The van der Waals surface area contributed by atoms with Crippen LogP contribution in [-0.2, 0) is 18.6 Å². The molecule has 2 aliphatic rings. The lowest BCUT2D eigenvalue weighted by Crippen LogP contribution is -2.39. The predicted octanol–water partition coefficient (Wildman–Crippen LogP) is 5.08. The Morgan fingerprint density at radius 3 is 2.79 bits per heavy atom. The van der Waals surface area contributed by atoms with Gasteiger partial charge >= 0.3 is 6.18 Å². The second-order valence-electron chi connectivity index (χ2n) is 9.18. The molecule has 3 heterocycles. The largest absolute Gasteiger partial charge is 0.440 e. The van der Waals surface area contributed by atoms with E-state index in [2.05, 4.69) is 20.1 Å². The normalized spacial score (nSPS) is 22.7. The van der Waals surface area contributed by atoms with Gasteiger partial charge in [0, 0.05) is 24.8 Å². The zero-order valence-electron chi connectivity index (χ0n) is 18.9. The molecule has 2 atom stereocenters. The number of benzene rings is 1. The van der Waals surface area contributed by atoms with Gasteiger partial charge in [0.15, 0.2) is 17.3 Å². The van der Waals surface area contributed by atoms with Crippen molar-refractivity contribution in [2.75, 3.05) is 25.4 Å². The fourth-order valence-electron chi connectivity index (χ4n) is 5.05. The van der Waals surface area contributed by atoms with E-state index in [0.29, 0.717) is 35.7 Å². The number of aromatic nitrogens is 4. The second kappa shape index (κ2) is 8.67. The summed E-state index contributed by atoms with van der Waals surface area (Å²) >= 11 is 1.60. The number of aryl methyl sites for hydroxylation is 1. The highest BCUT2D eigenvalue weighted by molar-refractivity contribution is 7.99. The fraction of sp³-hybridized carbons (Fsp3) is 0.522. The Morgan fingerprint density at radius 2 is 2.06 bits per heavy atom. The van der Waals surface area contributed by atoms with Crippen LogP contribution in [0.15, 0.2) is 34.2 Å². The molecule has 5 rings (SSSR count). The van der Waals surface area contributed by atoms with Gasteiger partial charge in [0.05, 0.1) is 11.3 Å². The summed E-state index contributed by atoms with van der Waals surface area (Å²) in [5.74, 6) is 1.57. The van der Waals surface area contributed by atoms with E-state index < -0.39 is 17.6 Å². The topological polar surface area (TPSA) is 60.0 Å². The smallest absolute Gasteiger partial charge is 0.416 e. The van der Waals surface area contributed by atoms with Crippen molar-refractivity contribution in [3.63, 3.8) is 0 Å². The second-order valence-corrected chi connectivity index (χ2v) is 10.2. The first-order valence-corrected chi connectivity index (χ1v) is 12.2. The summed E-state index contributed by atoms with van der Waals surface area (Å²) in [6.07, 6.45) is -0.521. The minimum absolute atomic E-state index is 0.331. The summed E-state index contributed by atoms with van der Waals surface area (Å²) in [6, 6.07) is 3.01. The van der Waals surface area contributed by atoms with Gasteiger partial charge < -0.3 is 13.9 Å². The molecule has 6 nitrogen and oxygen atoms in total. The molecule has 34 heavy (non-hydrogen) atoms. The minimum Gasteiger partial charge on any atom is -0.440 e. The lowest BCUT2D eigenvalue weighted by Gasteiger charge is -2.33. The Kier molecular flexibility index (Phi) is 5.96. The van der Waals surface area contributed by atoms with Gasteiger partial charge in [-0.1, -0.05) is 11.8 Å². The molecule has 1 unspecified atom stereocenters. The Hall–Kier alpha value is -2.40. The van der Waals surface area contributed by atoms with Gasteiger partial charge in [0.25, 0.3) is 0 Å². The van der Waals surface area contributed by atoms with Crippen LogP contribution >= 0.6 is 11.8 Å². The van der Waals surface area contributed by atoms with E-state index in [1.165, 1.54) is 12.5 Å². The molecule has 0 bridgehead atoms. The first kappa shape index (κ1) is 23.3. The number of thioether (sulfide) groups is 1. The minimum atomic E-state index is -4.55. The number of piperidine rings is 1. The number of alkyl halides is 3. The van der Waals surface area contributed by atoms with Crippen LogP contribution in [0.2, 0.25) is 0 Å². The first-order valence-electron chi connectivity index (χ1n) is 11.2. The maximum absolute atomic E-state index is 14.0. The SMILES string of the molecule is Cc1ncoc1-c1nnc(SCCCN2CCC3C[C@@]3(c3cc(F)cc(C(F)(F)F)c3)C2)n1C. The molecule has 1 saturated carbocycles. The van der Waals surface area contributed by atoms with Crippen LogP contribution in [0.5, 0.6) is 0 Å². The molecular weight excluding hydrogens is 470 g/mol. The molecule has 1 aliphatic heterocycles. The Balaban J connectivity index is 1.18. The van der Waals surface area contributed by atoms with Crippen LogP contribution in [0.1, 0.15) is 36.1 Å². The van der Waals surface area contributed by atoms with Crippen molar-refractivity contribution in [3.8, 4) is 11.6 Å². The molecule has 3 aromatic rings. The van der Waals surface area contributed by atoms with Crippen LogP contribution in [0.4, 0.5) is 17.6 Å². The van der Waals surface area contributed by atoms with Crippen molar-refractivity contribution in [3.05, 3.63) is 47.2 Å². The summed E-state index contributed by atoms with van der Waals surface area (Å²) in [7, 11) is 1.88. The summed E-state index contributed by atoms with van der Waals surface area (Å²) in [5, 5.41) is 9.24.